The van der Waals surface area contributed by atoms with Crippen LogP contribution in [-0.2, 0) is 14.3 Å². The summed E-state index contributed by atoms with van der Waals surface area (Å²) < 4.78 is 10.2. The zero-order valence-electron chi connectivity index (χ0n) is 14.5. The largest absolute Gasteiger partial charge is 0.484 e. The summed E-state index contributed by atoms with van der Waals surface area (Å²) in [6, 6.07) is 16.7. The second-order valence-corrected chi connectivity index (χ2v) is 6.24. The number of benzene rings is 2. The highest BCUT2D eigenvalue weighted by Gasteiger charge is 2.04. The highest BCUT2D eigenvalue weighted by molar-refractivity contribution is 7.99. The third-order valence-corrected chi connectivity index (χ3v) is 4.06. The number of hydrogen-bond donors (Lipinski definition) is 1. The normalized spacial score (nSPS) is 10.5. The van der Waals surface area contributed by atoms with E-state index < -0.39 is 0 Å². The lowest BCUT2D eigenvalue weighted by molar-refractivity contribution is -0.137. The third kappa shape index (κ3) is 7.44. The Hall–Kier alpha value is -2.73. The summed E-state index contributed by atoms with van der Waals surface area (Å²) in [5, 5.41) is 2.81. The van der Waals surface area contributed by atoms with Gasteiger partial charge in [0, 0.05) is 22.4 Å². The van der Waals surface area contributed by atoms with E-state index in [4.69, 9.17) is 9.47 Å². The molecule has 6 heteroatoms. The molecule has 0 radical (unpaired) electrons. The monoisotopic (exact) mass is 371 g/mol. The standard InChI is InChI=1S/C20H21NO4S/c1-2-24-20(23)12-7-13-26-18-11-6-8-16(14-18)21-19(22)15-25-17-9-4-3-5-10-17/h3-12,14H,2,13,15H2,1H3,(H,21,22)/b12-7+. The number of carbonyl (C=O) groups is 2. The first kappa shape index (κ1) is 19.6. The maximum atomic E-state index is 12.0. The molecule has 5 nitrogen and oxygen atoms in total. The first-order chi connectivity index (χ1) is 12.7. The van der Waals surface area contributed by atoms with E-state index in [-0.39, 0.29) is 18.5 Å². The summed E-state index contributed by atoms with van der Waals surface area (Å²) in [6.45, 7) is 2.08. The van der Waals surface area contributed by atoms with Crippen LogP contribution < -0.4 is 10.1 Å². The molecule has 0 aliphatic carbocycles. The first-order valence-electron chi connectivity index (χ1n) is 8.21. The molecule has 2 rings (SSSR count). The van der Waals surface area contributed by atoms with Crippen LogP contribution >= 0.6 is 11.8 Å². The van der Waals surface area contributed by atoms with Gasteiger partial charge in [-0.15, -0.1) is 11.8 Å². The molecule has 1 N–H and O–H groups in total. The topological polar surface area (TPSA) is 64.6 Å². The highest BCUT2D eigenvalue weighted by Crippen LogP contribution is 2.21. The Morgan fingerprint density at radius 3 is 2.69 bits per heavy atom. The minimum absolute atomic E-state index is 0.0519. The van der Waals surface area contributed by atoms with Crippen LogP contribution in [0.3, 0.4) is 0 Å². The molecular formula is C20H21NO4S. The Labute approximate surface area is 157 Å². The molecule has 0 saturated heterocycles. The van der Waals surface area contributed by atoms with Gasteiger partial charge in [-0.05, 0) is 37.3 Å². The van der Waals surface area contributed by atoms with Crippen molar-refractivity contribution in [3.8, 4) is 5.75 Å². The van der Waals surface area contributed by atoms with Gasteiger partial charge < -0.3 is 14.8 Å². The maximum Gasteiger partial charge on any atom is 0.330 e. The summed E-state index contributed by atoms with van der Waals surface area (Å²) in [5.74, 6) is 0.721. The minimum atomic E-state index is -0.340. The number of hydrogen-bond acceptors (Lipinski definition) is 5. The van der Waals surface area contributed by atoms with Crippen molar-refractivity contribution in [1.29, 1.82) is 0 Å². The Balaban J connectivity index is 1.78. The van der Waals surface area contributed by atoms with Crippen LogP contribution in [0, 0.1) is 0 Å². The third-order valence-electron chi connectivity index (χ3n) is 3.12. The van der Waals surface area contributed by atoms with Crippen LogP contribution in [0.1, 0.15) is 6.92 Å². The van der Waals surface area contributed by atoms with Gasteiger partial charge >= 0.3 is 5.97 Å². The molecule has 0 bridgehead atoms. The summed E-state index contributed by atoms with van der Waals surface area (Å²) in [6.07, 6.45) is 3.17. The lowest BCUT2D eigenvalue weighted by Gasteiger charge is -2.08. The molecule has 136 valence electrons. The fourth-order valence-electron chi connectivity index (χ4n) is 2.01. The van der Waals surface area contributed by atoms with Crippen molar-refractivity contribution in [1.82, 2.24) is 0 Å². The fourth-order valence-corrected chi connectivity index (χ4v) is 2.78. The van der Waals surface area contributed by atoms with Crippen LogP contribution in [-0.4, -0.2) is 30.8 Å². The van der Waals surface area contributed by atoms with E-state index in [0.29, 0.717) is 23.8 Å². The molecule has 1 amide bonds. The maximum absolute atomic E-state index is 12.0. The summed E-state index contributed by atoms with van der Waals surface area (Å²) >= 11 is 1.55. The van der Waals surface area contributed by atoms with Crippen molar-refractivity contribution < 1.29 is 19.1 Å². The van der Waals surface area contributed by atoms with E-state index in [0.717, 1.165) is 4.90 Å². The van der Waals surface area contributed by atoms with Crippen LogP contribution in [0.2, 0.25) is 0 Å². The van der Waals surface area contributed by atoms with Crippen molar-refractivity contribution in [3.63, 3.8) is 0 Å². The molecule has 2 aromatic carbocycles. The summed E-state index contributed by atoms with van der Waals surface area (Å²) in [4.78, 5) is 24.2. The molecule has 0 fully saturated rings. The van der Waals surface area contributed by atoms with Gasteiger partial charge in [0.2, 0.25) is 0 Å². The number of amides is 1. The molecule has 0 heterocycles. The Morgan fingerprint density at radius 1 is 1.12 bits per heavy atom. The zero-order chi connectivity index (χ0) is 18.6. The number of esters is 1. The number of carbonyl (C=O) groups excluding carboxylic acids is 2. The van der Waals surface area contributed by atoms with Gasteiger partial charge in [0.05, 0.1) is 6.61 Å². The second kappa shape index (κ2) is 11.0. The van der Waals surface area contributed by atoms with E-state index in [1.807, 2.05) is 42.5 Å². The molecule has 26 heavy (non-hydrogen) atoms. The van der Waals surface area contributed by atoms with Gasteiger partial charge in [-0.3, -0.25) is 4.79 Å². The fraction of sp³-hybridized carbons (Fsp3) is 0.200. The number of para-hydroxylation sites is 1. The average Bonchev–Trinajstić information content (AvgIpc) is 2.65. The number of rotatable bonds is 9. The van der Waals surface area contributed by atoms with Gasteiger partial charge in [0.1, 0.15) is 5.75 Å². The zero-order valence-corrected chi connectivity index (χ0v) is 15.3. The van der Waals surface area contributed by atoms with Gasteiger partial charge in [-0.1, -0.05) is 30.3 Å². The lowest BCUT2D eigenvalue weighted by Crippen LogP contribution is -2.20. The Bertz CT molecular complexity index is 746. The van der Waals surface area contributed by atoms with Crippen molar-refractivity contribution in [2.45, 2.75) is 11.8 Å². The summed E-state index contributed by atoms with van der Waals surface area (Å²) in [5.41, 5.74) is 0.700. The second-order valence-electron chi connectivity index (χ2n) is 5.14. The van der Waals surface area contributed by atoms with Gasteiger partial charge in [0.15, 0.2) is 6.61 Å². The van der Waals surface area contributed by atoms with E-state index in [9.17, 15) is 9.59 Å². The van der Waals surface area contributed by atoms with Crippen LogP contribution in [0.4, 0.5) is 5.69 Å². The SMILES string of the molecule is CCOC(=O)/C=C/CSc1cccc(NC(=O)COc2ccccc2)c1. The van der Waals surface area contributed by atoms with Crippen molar-refractivity contribution in [2.75, 3.05) is 24.3 Å². The van der Waals surface area contributed by atoms with Gasteiger partial charge in [0.25, 0.3) is 5.91 Å². The summed E-state index contributed by atoms with van der Waals surface area (Å²) in [7, 11) is 0. The predicted octanol–water partition coefficient (Wildman–Crippen LogP) is 3.92. The quantitative estimate of drug-likeness (QED) is 0.411. The van der Waals surface area contributed by atoms with E-state index in [1.165, 1.54) is 6.08 Å². The van der Waals surface area contributed by atoms with Crippen molar-refractivity contribution >= 4 is 29.3 Å². The number of ether oxygens (including phenoxy) is 2. The van der Waals surface area contributed by atoms with Gasteiger partial charge in [-0.25, -0.2) is 4.79 Å². The van der Waals surface area contributed by atoms with Crippen molar-refractivity contribution in [3.05, 3.63) is 66.7 Å². The molecule has 0 aliphatic rings. The Kier molecular flexibility index (Phi) is 8.29. The number of anilines is 1. The Morgan fingerprint density at radius 2 is 1.92 bits per heavy atom. The number of thioether (sulfide) groups is 1. The molecule has 0 spiro atoms. The average molecular weight is 371 g/mol. The molecular weight excluding hydrogens is 350 g/mol. The molecule has 0 unspecified atom stereocenters. The molecule has 0 saturated carbocycles. The highest BCUT2D eigenvalue weighted by atomic mass is 32.2. The molecule has 2 aromatic rings. The van der Waals surface area contributed by atoms with E-state index in [2.05, 4.69) is 5.32 Å². The minimum Gasteiger partial charge on any atom is -0.484 e. The number of nitrogens with one attached hydrogen (secondary N) is 1. The van der Waals surface area contributed by atoms with E-state index >= 15 is 0 Å². The predicted molar refractivity (Wildman–Crippen MR) is 104 cm³/mol. The molecule has 0 aliphatic heterocycles. The molecule has 0 aromatic heterocycles. The smallest absolute Gasteiger partial charge is 0.330 e. The van der Waals surface area contributed by atoms with Crippen molar-refractivity contribution in [2.24, 2.45) is 0 Å². The van der Waals surface area contributed by atoms with Crippen LogP contribution in [0.5, 0.6) is 5.75 Å². The molecule has 0 atom stereocenters. The van der Waals surface area contributed by atoms with E-state index in [1.54, 1.807) is 36.9 Å². The first-order valence-corrected chi connectivity index (χ1v) is 9.20. The van der Waals surface area contributed by atoms with Crippen LogP contribution in [0.15, 0.2) is 71.6 Å². The lowest BCUT2D eigenvalue weighted by atomic mass is 10.3. The van der Waals surface area contributed by atoms with Gasteiger partial charge in [-0.2, -0.15) is 0 Å². The van der Waals surface area contributed by atoms with Crippen LogP contribution in [0.25, 0.3) is 0 Å².